The van der Waals surface area contributed by atoms with Crippen molar-refractivity contribution >= 4 is 17.7 Å². The normalized spacial score (nSPS) is 21.6. The van der Waals surface area contributed by atoms with E-state index in [1.54, 1.807) is 6.08 Å². The van der Waals surface area contributed by atoms with Crippen LogP contribution >= 0.6 is 11.8 Å². The average molecular weight is 170 g/mol. The first-order valence-corrected chi connectivity index (χ1v) is 4.61. The molecule has 0 unspecified atom stereocenters. The average Bonchev–Trinajstić information content (AvgIpc) is 2.39. The Hall–Kier alpha value is -0.700. The van der Waals surface area contributed by atoms with Crippen molar-refractivity contribution in [2.24, 2.45) is 0 Å². The number of carbonyl (C=O) groups is 1. The number of rotatable bonds is 2. The third kappa shape index (κ3) is 3.28. The molecule has 3 heteroatoms. The van der Waals surface area contributed by atoms with Gasteiger partial charge in [0.05, 0.1) is 0 Å². The first-order valence-electron chi connectivity index (χ1n) is 3.46. The van der Waals surface area contributed by atoms with E-state index in [9.17, 15) is 4.79 Å². The van der Waals surface area contributed by atoms with Crippen molar-refractivity contribution in [2.75, 3.05) is 11.5 Å². The summed E-state index contributed by atoms with van der Waals surface area (Å²) in [5.74, 6) is 1.35. The molecule has 0 spiro atoms. The van der Waals surface area contributed by atoms with Crippen molar-refractivity contribution < 1.29 is 9.90 Å². The summed E-state index contributed by atoms with van der Waals surface area (Å²) >= 11 is 1.89. The van der Waals surface area contributed by atoms with Gasteiger partial charge in [-0.25, -0.2) is 4.79 Å². The van der Waals surface area contributed by atoms with E-state index in [-0.39, 0.29) is 0 Å². The summed E-state index contributed by atoms with van der Waals surface area (Å²) in [6, 6.07) is 0. The fourth-order valence-electron chi connectivity index (χ4n) is 0.877. The highest BCUT2D eigenvalue weighted by Crippen LogP contribution is 2.22. The van der Waals surface area contributed by atoms with Crippen LogP contribution in [-0.2, 0) is 4.79 Å². The molecule has 0 aromatic heterocycles. The van der Waals surface area contributed by atoms with E-state index in [1.807, 2.05) is 17.8 Å². The Kier molecular flexibility index (Phi) is 3.23. The van der Waals surface area contributed by atoms with E-state index >= 15 is 0 Å². The SMILES string of the molecule is O=C(O)/C=C/C=C1/CCSC1. The Balaban J connectivity index is 2.39. The van der Waals surface area contributed by atoms with Crippen LogP contribution < -0.4 is 0 Å². The number of thioether (sulfide) groups is 1. The van der Waals surface area contributed by atoms with Gasteiger partial charge in [0, 0.05) is 11.8 Å². The summed E-state index contributed by atoms with van der Waals surface area (Å²) in [5, 5.41) is 8.27. The number of allylic oxidation sites excluding steroid dienone is 2. The molecule has 1 aliphatic rings. The molecule has 1 fully saturated rings. The lowest BCUT2D eigenvalue weighted by molar-refractivity contribution is -0.131. The Bertz CT molecular complexity index is 198. The molecular weight excluding hydrogens is 160 g/mol. The molecule has 2 nitrogen and oxygen atoms in total. The molecule has 1 rings (SSSR count). The highest BCUT2D eigenvalue weighted by Gasteiger charge is 2.04. The van der Waals surface area contributed by atoms with E-state index in [2.05, 4.69) is 0 Å². The second-order valence-corrected chi connectivity index (χ2v) is 3.43. The molecule has 0 aromatic carbocycles. The van der Waals surface area contributed by atoms with E-state index in [0.29, 0.717) is 0 Å². The largest absolute Gasteiger partial charge is 0.478 e. The summed E-state index contributed by atoms with van der Waals surface area (Å²) in [6.45, 7) is 0. The standard InChI is InChI=1S/C8H10O2S/c9-8(10)3-1-2-7-4-5-11-6-7/h1-3H,4-6H2,(H,9,10)/b3-1+,7-2-. The number of hydrogen-bond donors (Lipinski definition) is 1. The minimum Gasteiger partial charge on any atom is -0.478 e. The van der Waals surface area contributed by atoms with Crippen LogP contribution in [0.2, 0.25) is 0 Å². The topological polar surface area (TPSA) is 37.3 Å². The number of carboxylic acid groups (broad SMARTS) is 1. The molecule has 1 saturated heterocycles. The lowest BCUT2D eigenvalue weighted by atomic mass is 10.2. The zero-order valence-electron chi connectivity index (χ0n) is 6.12. The molecule has 0 amide bonds. The minimum absolute atomic E-state index is 0.882. The zero-order chi connectivity index (χ0) is 8.10. The van der Waals surface area contributed by atoms with Crippen molar-refractivity contribution in [3.05, 3.63) is 23.8 Å². The van der Waals surface area contributed by atoms with Crippen LogP contribution in [0.4, 0.5) is 0 Å². The van der Waals surface area contributed by atoms with E-state index < -0.39 is 5.97 Å². The van der Waals surface area contributed by atoms with Crippen LogP contribution in [0.1, 0.15) is 6.42 Å². The first kappa shape index (κ1) is 8.40. The number of hydrogen-bond acceptors (Lipinski definition) is 2. The summed E-state index contributed by atoms with van der Waals surface area (Å²) < 4.78 is 0. The molecule has 1 aliphatic heterocycles. The Morgan fingerprint density at radius 3 is 3.00 bits per heavy atom. The first-order chi connectivity index (χ1) is 5.29. The van der Waals surface area contributed by atoms with Crippen molar-refractivity contribution in [1.29, 1.82) is 0 Å². The maximum atomic E-state index is 10.1. The maximum absolute atomic E-state index is 10.1. The van der Waals surface area contributed by atoms with Gasteiger partial charge >= 0.3 is 5.97 Å². The molecule has 11 heavy (non-hydrogen) atoms. The van der Waals surface area contributed by atoms with Crippen LogP contribution in [0.25, 0.3) is 0 Å². The van der Waals surface area contributed by atoms with Gasteiger partial charge in [0.2, 0.25) is 0 Å². The molecule has 0 atom stereocenters. The minimum atomic E-state index is -0.882. The van der Waals surface area contributed by atoms with E-state index in [4.69, 9.17) is 5.11 Å². The summed E-state index contributed by atoms with van der Waals surface area (Å²) in [4.78, 5) is 10.1. The molecule has 0 bridgehead atoms. The third-order valence-electron chi connectivity index (χ3n) is 1.43. The Morgan fingerprint density at radius 1 is 1.64 bits per heavy atom. The van der Waals surface area contributed by atoms with Gasteiger partial charge in [0.25, 0.3) is 0 Å². The quantitative estimate of drug-likeness (QED) is 0.641. The molecule has 1 N–H and O–H groups in total. The van der Waals surface area contributed by atoms with Crippen molar-refractivity contribution in [3.63, 3.8) is 0 Å². The number of carboxylic acids is 1. The van der Waals surface area contributed by atoms with Gasteiger partial charge in [-0.3, -0.25) is 0 Å². The van der Waals surface area contributed by atoms with Crippen LogP contribution in [0.3, 0.4) is 0 Å². The second kappa shape index (κ2) is 4.23. The number of aliphatic carboxylic acids is 1. The van der Waals surface area contributed by atoms with Crippen LogP contribution in [-0.4, -0.2) is 22.6 Å². The predicted octanol–water partition coefficient (Wildman–Crippen LogP) is 1.69. The summed E-state index contributed by atoms with van der Waals surface area (Å²) in [7, 11) is 0. The smallest absolute Gasteiger partial charge is 0.328 e. The fourth-order valence-corrected chi connectivity index (χ4v) is 1.93. The van der Waals surface area contributed by atoms with Crippen molar-refractivity contribution in [3.8, 4) is 0 Å². The van der Waals surface area contributed by atoms with Gasteiger partial charge < -0.3 is 5.11 Å². The van der Waals surface area contributed by atoms with Crippen LogP contribution in [0.5, 0.6) is 0 Å². The molecule has 0 aliphatic carbocycles. The molecule has 0 radical (unpaired) electrons. The molecular formula is C8H10O2S. The summed E-state index contributed by atoms with van der Waals surface area (Å²) in [6.07, 6.45) is 5.77. The van der Waals surface area contributed by atoms with Crippen molar-refractivity contribution in [1.82, 2.24) is 0 Å². The van der Waals surface area contributed by atoms with Crippen molar-refractivity contribution in [2.45, 2.75) is 6.42 Å². The highest BCUT2D eigenvalue weighted by atomic mass is 32.2. The summed E-state index contributed by atoms with van der Waals surface area (Å²) in [5.41, 5.74) is 1.34. The monoisotopic (exact) mass is 170 g/mol. The molecule has 60 valence electrons. The Morgan fingerprint density at radius 2 is 2.45 bits per heavy atom. The fraction of sp³-hybridized carbons (Fsp3) is 0.375. The zero-order valence-corrected chi connectivity index (χ0v) is 6.93. The highest BCUT2D eigenvalue weighted by molar-refractivity contribution is 7.99. The Labute approximate surface area is 70.0 Å². The molecule has 1 heterocycles. The van der Waals surface area contributed by atoms with Gasteiger partial charge in [-0.05, 0) is 12.2 Å². The van der Waals surface area contributed by atoms with Gasteiger partial charge in [0.15, 0.2) is 0 Å². The van der Waals surface area contributed by atoms with Gasteiger partial charge in [-0.1, -0.05) is 17.7 Å². The van der Waals surface area contributed by atoms with Crippen LogP contribution in [0.15, 0.2) is 23.8 Å². The second-order valence-electron chi connectivity index (χ2n) is 2.32. The van der Waals surface area contributed by atoms with Gasteiger partial charge in [-0.2, -0.15) is 11.8 Å². The van der Waals surface area contributed by atoms with Crippen LogP contribution in [0, 0.1) is 0 Å². The molecule has 0 aromatic rings. The lowest BCUT2D eigenvalue weighted by Gasteiger charge is -1.87. The third-order valence-corrected chi connectivity index (χ3v) is 2.49. The van der Waals surface area contributed by atoms with Gasteiger partial charge in [0.1, 0.15) is 0 Å². The maximum Gasteiger partial charge on any atom is 0.328 e. The molecule has 0 saturated carbocycles. The predicted molar refractivity (Wildman–Crippen MR) is 46.8 cm³/mol. The lowest BCUT2D eigenvalue weighted by Crippen LogP contribution is -1.85. The van der Waals surface area contributed by atoms with E-state index in [1.165, 1.54) is 11.3 Å². The van der Waals surface area contributed by atoms with Gasteiger partial charge in [-0.15, -0.1) is 0 Å². The van der Waals surface area contributed by atoms with E-state index in [0.717, 1.165) is 18.2 Å².